The molecule has 0 bridgehead atoms. The molecule has 1 heterocycles. The van der Waals surface area contributed by atoms with Crippen LogP contribution in [0.15, 0.2) is 42.6 Å². The smallest absolute Gasteiger partial charge is 0.118 e. The highest BCUT2D eigenvalue weighted by Gasteiger charge is 2.34. The van der Waals surface area contributed by atoms with Crippen LogP contribution in [0.4, 0.5) is 0 Å². The highest BCUT2D eigenvalue weighted by molar-refractivity contribution is 5.60. The predicted octanol–water partition coefficient (Wildman–Crippen LogP) is 2.57. The first-order valence-electron chi connectivity index (χ1n) is 6.14. The van der Waals surface area contributed by atoms with Crippen molar-refractivity contribution in [2.75, 3.05) is 7.11 Å². The van der Waals surface area contributed by atoms with Crippen LogP contribution in [0, 0.1) is 0 Å². The van der Waals surface area contributed by atoms with Gasteiger partial charge in [-0.3, -0.25) is 4.98 Å². The fraction of sp³-hybridized carbons (Fsp3) is 0.267. The van der Waals surface area contributed by atoms with Gasteiger partial charge >= 0.3 is 0 Å². The van der Waals surface area contributed by atoms with E-state index in [1.807, 2.05) is 30.5 Å². The van der Waals surface area contributed by atoms with Gasteiger partial charge in [0.2, 0.25) is 0 Å². The number of aromatic nitrogens is 1. The van der Waals surface area contributed by atoms with Gasteiger partial charge in [0.1, 0.15) is 5.75 Å². The SMILES string of the molecule is COc1ccc(-c2ccc(C3CC3N)cn2)cc1. The van der Waals surface area contributed by atoms with Gasteiger partial charge in [0, 0.05) is 23.7 Å². The van der Waals surface area contributed by atoms with E-state index in [1.165, 1.54) is 5.56 Å². The van der Waals surface area contributed by atoms with Gasteiger partial charge in [-0.25, -0.2) is 0 Å². The second kappa shape index (κ2) is 4.42. The number of nitrogens with zero attached hydrogens (tertiary/aromatic N) is 1. The van der Waals surface area contributed by atoms with Crippen LogP contribution in [0.2, 0.25) is 0 Å². The molecule has 2 unspecified atom stereocenters. The molecule has 1 fully saturated rings. The maximum Gasteiger partial charge on any atom is 0.118 e. The molecule has 0 spiro atoms. The highest BCUT2D eigenvalue weighted by Crippen LogP contribution is 2.38. The summed E-state index contributed by atoms with van der Waals surface area (Å²) in [5.41, 5.74) is 9.17. The van der Waals surface area contributed by atoms with Crippen molar-refractivity contribution in [2.24, 2.45) is 5.73 Å². The van der Waals surface area contributed by atoms with Gasteiger partial charge < -0.3 is 10.5 Å². The zero-order valence-electron chi connectivity index (χ0n) is 10.3. The van der Waals surface area contributed by atoms with Crippen molar-refractivity contribution in [3.63, 3.8) is 0 Å². The lowest BCUT2D eigenvalue weighted by Gasteiger charge is -2.04. The fourth-order valence-electron chi connectivity index (χ4n) is 2.16. The van der Waals surface area contributed by atoms with Gasteiger partial charge in [-0.15, -0.1) is 0 Å². The fourth-order valence-corrected chi connectivity index (χ4v) is 2.16. The number of pyridine rings is 1. The molecule has 0 aliphatic heterocycles. The van der Waals surface area contributed by atoms with Crippen molar-refractivity contribution in [3.05, 3.63) is 48.2 Å². The molecule has 1 aromatic carbocycles. The summed E-state index contributed by atoms with van der Waals surface area (Å²) in [5.74, 6) is 1.38. The first-order valence-corrected chi connectivity index (χ1v) is 6.14. The predicted molar refractivity (Wildman–Crippen MR) is 71.6 cm³/mol. The Morgan fingerprint density at radius 3 is 2.39 bits per heavy atom. The maximum absolute atomic E-state index is 5.84. The monoisotopic (exact) mass is 240 g/mol. The minimum atomic E-state index is 0.332. The number of hydrogen-bond donors (Lipinski definition) is 1. The number of methoxy groups -OCH3 is 1. The van der Waals surface area contributed by atoms with Crippen LogP contribution in [-0.2, 0) is 0 Å². The molecular weight excluding hydrogens is 224 g/mol. The minimum Gasteiger partial charge on any atom is -0.497 e. The standard InChI is InChI=1S/C15H16N2O/c1-18-12-5-2-10(3-6-12)15-7-4-11(9-17-15)13-8-14(13)16/h2-7,9,13-14H,8,16H2,1H3. The van der Waals surface area contributed by atoms with E-state index in [-0.39, 0.29) is 0 Å². The van der Waals surface area contributed by atoms with Gasteiger partial charge in [0.25, 0.3) is 0 Å². The van der Waals surface area contributed by atoms with Crippen LogP contribution >= 0.6 is 0 Å². The summed E-state index contributed by atoms with van der Waals surface area (Å²) < 4.78 is 5.14. The molecule has 1 saturated carbocycles. The van der Waals surface area contributed by atoms with Crippen LogP contribution < -0.4 is 10.5 Å². The lowest BCUT2D eigenvalue weighted by Crippen LogP contribution is -2.01. The zero-order valence-corrected chi connectivity index (χ0v) is 10.3. The number of hydrogen-bond acceptors (Lipinski definition) is 3. The average Bonchev–Trinajstić information content (AvgIpc) is 3.16. The molecule has 3 heteroatoms. The van der Waals surface area contributed by atoms with Crippen molar-refractivity contribution in [3.8, 4) is 17.0 Å². The zero-order chi connectivity index (χ0) is 12.5. The lowest BCUT2D eigenvalue weighted by molar-refractivity contribution is 0.415. The van der Waals surface area contributed by atoms with Gasteiger partial charge in [0.15, 0.2) is 0 Å². The third-order valence-corrected chi connectivity index (χ3v) is 3.44. The molecule has 92 valence electrons. The Balaban J connectivity index is 1.83. The first kappa shape index (κ1) is 11.2. The second-order valence-corrected chi connectivity index (χ2v) is 4.71. The Kier molecular flexibility index (Phi) is 2.76. The number of ether oxygens (including phenoxy) is 1. The van der Waals surface area contributed by atoms with Gasteiger partial charge in [-0.2, -0.15) is 0 Å². The largest absolute Gasteiger partial charge is 0.497 e. The van der Waals surface area contributed by atoms with E-state index in [2.05, 4.69) is 17.1 Å². The maximum atomic E-state index is 5.84. The van der Waals surface area contributed by atoms with Crippen molar-refractivity contribution < 1.29 is 4.74 Å². The van der Waals surface area contributed by atoms with Crippen LogP contribution in [0.5, 0.6) is 5.75 Å². The van der Waals surface area contributed by atoms with E-state index in [4.69, 9.17) is 10.5 Å². The number of rotatable bonds is 3. The van der Waals surface area contributed by atoms with Crippen molar-refractivity contribution >= 4 is 0 Å². The summed E-state index contributed by atoms with van der Waals surface area (Å²) in [6.45, 7) is 0. The Morgan fingerprint density at radius 1 is 1.17 bits per heavy atom. The summed E-state index contributed by atoms with van der Waals surface area (Å²) in [6, 6.07) is 12.4. The topological polar surface area (TPSA) is 48.1 Å². The molecule has 0 radical (unpaired) electrons. The molecule has 2 N–H and O–H groups in total. The molecule has 3 nitrogen and oxygen atoms in total. The second-order valence-electron chi connectivity index (χ2n) is 4.71. The molecule has 1 aliphatic carbocycles. The van der Waals surface area contributed by atoms with Crippen LogP contribution in [0.3, 0.4) is 0 Å². The molecule has 0 saturated heterocycles. The molecular formula is C15H16N2O. The molecule has 3 rings (SSSR count). The van der Waals surface area contributed by atoms with Crippen molar-refractivity contribution in [2.45, 2.75) is 18.4 Å². The quantitative estimate of drug-likeness (QED) is 0.897. The summed E-state index contributed by atoms with van der Waals surface area (Å²) in [7, 11) is 1.67. The number of benzene rings is 1. The van der Waals surface area contributed by atoms with Gasteiger partial charge in [-0.05, 0) is 42.3 Å². The van der Waals surface area contributed by atoms with Gasteiger partial charge in [-0.1, -0.05) is 6.07 Å². The summed E-state index contributed by atoms with van der Waals surface area (Å²) >= 11 is 0. The van der Waals surface area contributed by atoms with E-state index >= 15 is 0 Å². The molecule has 1 aliphatic rings. The molecule has 2 atom stereocenters. The average molecular weight is 240 g/mol. The lowest BCUT2D eigenvalue weighted by atomic mass is 10.1. The Labute approximate surface area is 107 Å². The summed E-state index contributed by atoms with van der Waals surface area (Å²) in [6.07, 6.45) is 3.03. The van der Waals surface area contributed by atoms with Crippen LogP contribution in [-0.4, -0.2) is 18.1 Å². The van der Waals surface area contributed by atoms with Gasteiger partial charge in [0.05, 0.1) is 12.8 Å². The summed E-state index contributed by atoms with van der Waals surface area (Å²) in [5, 5.41) is 0. The van der Waals surface area contributed by atoms with Crippen LogP contribution in [0.25, 0.3) is 11.3 Å². The number of nitrogens with two attached hydrogens (primary N) is 1. The highest BCUT2D eigenvalue weighted by atomic mass is 16.5. The molecule has 18 heavy (non-hydrogen) atoms. The molecule has 2 aromatic rings. The van der Waals surface area contributed by atoms with E-state index in [1.54, 1.807) is 7.11 Å². The van der Waals surface area contributed by atoms with E-state index in [9.17, 15) is 0 Å². The van der Waals surface area contributed by atoms with Crippen molar-refractivity contribution in [1.29, 1.82) is 0 Å². The van der Waals surface area contributed by atoms with E-state index in [0.717, 1.165) is 23.4 Å². The minimum absolute atomic E-state index is 0.332. The normalized spacial score (nSPS) is 21.7. The Bertz CT molecular complexity index is 533. The van der Waals surface area contributed by atoms with E-state index in [0.29, 0.717) is 12.0 Å². The summed E-state index contributed by atoms with van der Waals surface area (Å²) in [4.78, 5) is 4.50. The van der Waals surface area contributed by atoms with Crippen molar-refractivity contribution in [1.82, 2.24) is 4.98 Å². The Hall–Kier alpha value is -1.87. The first-order chi connectivity index (χ1) is 8.78. The third kappa shape index (κ3) is 2.09. The molecule has 1 aromatic heterocycles. The third-order valence-electron chi connectivity index (χ3n) is 3.44. The van der Waals surface area contributed by atoms with E-state index < -0.39 is 0 Å². The van der Waals surface area contributed by atoms with Crippen LogP contribution in [0.1, 0.15) is 17.9 Å². The Morgan fingerprint density at radius 2 is 1.89 bits per heavy atom. The molecule has 0 amide bonds.